The molecule has 0 saturated heterocycles. The average molecular weight is 621 g/mol. The number of fused-ring (bicyclic) bond motifs is 5. The molecule has 248 valence electrons. The zero-order valence-electron chi connectivity index (χ0n) is 26.5. The second-order valence-electron chi connectivity index (χ2n) is 14.8. The van der Waals surface area contributed by atoms with Crippen molar-refractivity contribution in [2.24, 2.45) is 52.1 Å². The van der Waals surface area contributed by atoms with Gasteiger partial charge in [0.05, 0.1) is 6.42 Å². The predicted octanol–water partition coefficient (Wildman–Crippen LogP) is 4.21. The van der Waals surface area contributed by atoms with Gasteiger partial charge in [-0.3, -0.25) is 19.2 Å². The average Bonchev–Trinajstić information content (AvgIpc) is 3.31. The van der Waals surface area contributed by atoms with E-state index < -0.39 is 48.3 Å². The summed E-state index contributed by atoms with van der Waals surface area (Å²) >= 11 is 0. The van der Waals surface area contributed by atoms with Crippen LogP contribution in [0.25, 0.3) is 0 Å². The van der Waals surface area contributed by atoms with E-state index in [1.54, 1.807) is 0 Å². The lowest BCUT2D eigenvalue weighted by molar-refractivity contribution is -0.167. The minimum Gasteiger partial charge on any atom is -0.481 e. The molecule has 0 bridgehead atoms. The van der Waals surface area contributed by atoms with Gasteiger partial charge >= 0.3 is 23.9 Å². The van der Waals surface area contributed by atoms with Gasteiger partial charge in [0.1, 0.15) is 18.2 Å². The maximum absolute atomic E-state index is 13.1. The highest BCUT2D eigenvalue weighted by Gasteiger charge is 2.60. The van der Waals surface area contributed by atoms with Gasteiger partial charge in [-0.2, -0.15) is 0 Å². The number of ether oxygens (including phenoxy) is 1. The first-order chi connectivity index (χ1) is 20.7. The number of hydrogen-bond acceptors (Lipinski definition) is 7. The summed E-state index contributed by atoms with van der Waals surface area (Å²) < 4.78 is 5.84. The predicted molar refractivity (Wildman–Crippen MR) is 160 cm³/mol. The molecule has 4 saturated carbocycles. The number of carboxylic acid groups (broad SMARTS) is 3. The van der Waals surface area contributed by atoms with Crippen molar-refractivity contribution in [3.63, 3.8) is 0 Å². The van der Waals surface area contributed by atoms with Crippen LogP contribution in [0.5, 0.6) is 0 Å². The van der Waals surface area contributed by atoms with E-state index in [-0.39, 0.29) is 36.2 Å². The Morgan fingerprint density at radius 3 is 2.20 bits per heavy atom. The van der Waals surface area contributed by atoms with E-state index in [0.717, 1.165) is 32.1 Å². The smallest absolute Gasteiger partial charge is 0.329 e. The lowest BCUT2D eigenvalue weighted by atomic mass is 9.44. The molecule has 4 aliphatic carbocycles. The second kappa shape index (κ2) is 13.7. The van der Waals surface area contributed by atoms with Crippen molar-refractivity contribution in [2.75, 3.05) is 0 Å². The van der Waals surface area contributed by atoms with Gasteiger partial charge in [-0.25, -0.2) is 4.79 Å². The first-order valence-corrected chi connectivity index (χ1v) is 16.6. The molecular formula is C33H52N2O9. The van der Waals surface area contributed by atoms with Gasteiger partial charge in [-0.05, 0) is 117 Å². The van der Waals surface area contributed by atoms with Gasteiger partial charge in [-0.15, -0.1) is 0 Å². The third-order valence-electron chi connectivity index (χ3n) is 12.5. The van der Waals surface area contributed by atoms with Crippen LogP contribution in [0.2, 0.25) is 0 Å². The number of carboxylic acids is 3. The molecule has 4 aliphatic rings. The Kier molecular flexibility index (Phi) is 10.7. The molecule has 0 aromatic heterocycles. The number of nitrogens with one attached hydrogen (secondary N) is 1. The molecule has 0 aromatic rings. The molecule has 6 N–H and O–H groups in total. The van der Waals surface area contributed by atoms with Crippen molar-refractivity contribution >= 4 is 29.8 Å². The van der Waals surface area contributed by atoms with Crippen LogP contribution in [0.3, 0.4) is 0 Å². The maximum atomic E-state index is 13.1. The first kappa shape index (κ1) is 34.2. The van der Waals surface area contributed by atoms with Crippen molar-refractivity contribution in [3.05, 3.63) is 0 Å². The SMILES string of the molecule is CC(CCC(=O)O)C1CCC2C3CCC4CC(OC(=O)C(CC(=O)O)NC(=O)CCC(N)C(=O)O)CCC4(C)C3CCC12C. The van der Waals surface area contributed by atoms with Crippen LogP contribution in [0.4, 0.5) is 0 Å². The van der Waals surface area contributed by atoms with Crippen molar-refractivity contribution in [1.82, 2.24) is 5.32 Å². The molecule has 11 nitrogen and oxygen atoms in total. The third kappa shape index (κ3) is 7.23. The molecule has 0 radical (unpaired) electrons. The Morgan fingerprint density at radius 2 is 1.55 bits per heavy atom. The molecule has 11 unspecified atom stereocenters. The number of carbonyl (C=O) groups is 5. The summed E-state index contributed by atoms with van der Waals surface area (Å²) in [5, 5.41) is 29.9. The fraction of sp³-hybridized carbons (Fsp3) is 0.848. The molecule has 11 heteroatoms. The number of nitrogens with two attached hydrogens (primary N) is 1. The highest BCUT2D eigenvalue weighted by molar-refractivity contribution is 5.88. The Labute approximate surface area is 260 Å². The summed E-state index contributed by atoms with van der Waals surface area (Å²) in [6, 6.07) is -2.58. The van der Waals surface area contributed by atoms with Crippen LogP contribution in [-0.4, -0.2) is 63.3 Å². The van der Waals surface area contributed by atoms with Gasteiger partial charge in [0, 0.05) is 12.8 Å². The van der Waals surface area contributed by atoms with Crippen LogP contribution in [0, 0.1) is 46.3 Å². The summed E-state index contributed by atoms with van der Waals surface area (Å²) in [5.41, 5.74) is 5.86. The van der Waals surface area contributed by atoms with Crippen molar-refractivity contribution in [1.29, 1.82) is 0 Å². The van der Waals surface area contributed by atoms with E-state index in [2.05, 4.69) is 26.1 Å². The number of esters is 1. The normalized spacial score (nSPS) is 36.5. The van der Waals surface area contributed by atoms with Gasteiger partial charge in [0.15, 0.2) is 0 Å². The molecular weight excluding hydrogens is 568 g/mol. The number of carbonyl (C=O) groups excluding carboxylic acids is 2. The first-order valence-electron chi connectivity index (χ1n) is 16.6. The van der Waals surface area contributed by atoms with Crippen LogP contribution in [0.15, 0.2) is 0 Å². The Balaban J connectivity index is 1.35. The molecule has 0 aromatic carbocycles. The third-order valence-corrected chi connectivity index (χ3v) is 12.5. The molecule has 1 amide bonds. The highest BCUT2D eigenvalue weighted by Crippen LogP contribution is 2.68. The monoisotopic (exact) mass is 620 g/mol. The van der Waals surface area contributed by atoms with Gasteiger partial charge < -0.3 is 31.1 Å². The fourth-order valence-electron chi connectivity index (χ4n) is 10.1. The lowest BCUT2D eigenvalue weighted by Crippen LogP contribution is -2.54. The number of amides is 1. The number of aliphatic carboxylic acids is 3. The second-order valence-corrected chi connectivity index (χ2v) is 14.8. The van der Waals surface area contributed by atoms with Gasteiger partial charge in [0.25, 0.3) is 0 Å². The molecule has 11 atom stereocenters. The Hall–Kier alpha value is -2.69. The van der Waals surface area contributed by atoms with Gasteiger partial charge in [0.2, 0.25) is 5.91 Å². The fourth-order valence-corrected chi connectivity index (χ4v) is 10.1. The summed E-state index contributed by atoms with van der Waals surface area (Å²) in [4.78, 5) is 59.0. The van der Waals surface area contributed by atoms with Crippen molar-refractivity contribution < 1.29 is 44.0 Å². The van der Waals surface area contributed by atoms with Crippen LogP contribution < -0.4 is 11.1 Å². The van der Waals surface area contributed by atoms with E-state index in [1.807, 2.05) is 0 Å². The minimum absolute atomic E-state index is 0.133. The van der Waals surface area contributed by atoms with E-state index >= 15 is 0 Å². The van der Waals surface area contributed by atoms with E-state index in [0.29, 0.717) is 41.9 Å². The zero-order valence-corrected chi connectivity index (χ0v) is 26.5. The van der Waals surface area contributed by atoms with Crippen molar-refractivity contribution in [2.45, 2.75) is 129 Å². The molecule has 4 rings (SSSR count). The molecule has 0 aliphatic heterocycles. The minimum atomic E-state index is -1.35. The topological polar surface area (TPSA) is 193 Å². The summed E-state index contributed by atoms with van der Waals surface area (Å²) in [6.07, 6.45) is 8.97. The quantitative estimate of drug-likeness (QED) is 0.186. The summed E-state index contributed by atoms with van der Waals surface area (Å²) in [7, 11) is 0. The standard InChI is InChI=1S/C33H52N2O9/c1-18(4-11-28(37)38)22-7-8-23-21-6-5-19-16-20(12-14-32(19,2)24(21)13-15-33(22,23)3)44-31(43)26(17-29(39)40)35-27(36)10-9-25(34)30(41)42/h18-26H,4-17,34H2,1-3H3,(H,35,36)(H,37,38)(H,39,40)(H,41,42). The molecule has 44 heavy (non-hydrogen) atoms. The van der Waals surface area contributed by atoms with E-state index in [9.17, 15) is 34.2 Å². The zero-order chi connectivity index (χ0) is 32.4. The largest absolute Gasteiger partial charge is 0.481 e. The molecule has 0 heterocycles. The van der Waals surface area contributed by atoms with Crippen LogP contribution >= 0.6 is 0 Å². The highest BCUT2D eigenvalue weighted by atomic mass is 16.5. The number of rotatable bonds is 13. The van der Waals surface area contributed by atoms with Gasteiger partial charge in [-0.1, -0.05) is 20.8 Å². The van der Waals surface area contributed by atoms with Crippen LogP contribution in [0.1, 0.15) is 111 Å². The molecule has 4 fully saturated rings. The van der Waals surface area contributed by atoms with E-state index in [1.165, 1.54) is 25.7 Å². The lowest BCUT2D eigenvalue weighted by Gasteiger charge is -2.61. The summed E-state index contributed by atoms with van der Waals surface area (Å²) in [5.74, 6) is -1.30. The number of hydrogen-bond donors (Lipinski definition) is 5. The van der Waals surface area contributed by atoms with Crippen LogP contribution in [-0.2, 0) is 28.7 Å². The molecule has 0 spiro atoms. The Bertz CT molecular complexity index is 1110. The van der Waals surface area contributed by atoms with E-state index in [4.69, 9.17) is 15.6 Å². The maximum Gasteiger partial charge on any atom is 0.329 e. The summed E-state index contributed by atoms with van der Waals surface area (Å²) in [6.45, 7) is 7.14. The Morgan fingerprint density at radius 1 is 0.864 bits per heavy atom. The van der Waals surface area contributed by atoms with Crippen molar-refractivity contribution in [3.8, 4) is 0 Å².